The average Bonchev–Trinajstić information content (AvgIpc) is 2.43. The molecular weight excluding hydrogens is 160 g/mol. The van der Waals surface area contributed by atoms with E-state index in [-0.39, 0.29) is 0 Å². The quantitative estimate of drug-likeness (QED) is 0.638. The molecule has 0 amide bonds. The summed E-state index contributed by atoms with van der Waals surface area (Å²) in [5, 5.41) is 0. The molecular formula is C12H16O. The summed E-state index contributed by atoms with van der Waals surface area (Å²) in [6.45, 7) is 6.55. The third-order valence-electron chi connectivity index (χ3n) is 2.99. The van der Waals surface area contributed by atoms with Crippen molar-refractivity contribution in [2.75, 3.05) is 0 Å². The Hall–Kier alpha value is -0.980. The Bertz CT molecular complexity index is 317. The lowest BCUT2D eigenvalue weighted by atomic mass is 9.96. The van der Waals surface area contributed by atoms with Crippen LogP contribution in [0.25, 0.3) is 0 Å². The van der Waals surface area contributed by atoms with E-state index in [0.29, 0.717) is 12.0 Å². The van der Waals surface area contributed by atoms with Crippen LogP contribution in [0.3, 0.4) is 0 Å². The van der Waals surface area contributed by atoms with E-state index in [0.717, 1.165) is 12.2 Å². The maximum absolute atomic E-state index is 5.72. The molecule has 70 valence electrons. The largest absolute Gasteiger partial charge is 0.490 e. The van der Waals surface area contributed by atoms with Gasteiger partial charge in [0, 0.05) is 11.5 Å². The Kier molecular flexibility index (Phi) is 2.03. The van der Waals surface area contributed by atoms with Crippen molar-refractivity contribution in [3.8, 4) is 5.75 Å². The van der Waals surface area contributed by atoms with Gasteiger partial charge in [0.15, 0.2) is 0 Å². The Morgan fingerprint density at radius 3 is 2.77 bits per heavy atom. The molecule has 0 N–H and O–H groups in total. The molecule has 0 saturated carbocycles. The lowest BCUT2D eigenvalue weighted by molar-refractivity contribution is 0.232. The van der Waals surface area contributed by atoms with Crippen molar-refractivity contribution in [2.24, 2.45) is 0 Å². The molecule has 13 heavy (non-hydrogen) atoms. The lowest BCUT2D eigenvalue weighted by Gasteiger charge is -2.07. The second-order valence-electron chi connectivity index (χ2n) is 3.84. The number of rotatable bonds is 1. The molecule has 1 aliphatic rings. The number of fused-ring (bicyclic) bond motifs is 1. The van der Waals surface area contributed by atoms with Gasteiger partial charge in [0.1, 0.15) is 11.9 Å². The second kappa shape index (κ2) is 3.06. The molecule has 0 fully saturated rings. The van der Waals surface area contributed by atoms with Crippen LogP contribution < -0.4 is 4.74 Å². The highest BCUT2D eigenvalue weighted by molar-refractivity contribution is 5.43. The van der Waals surface area contributed by atoms with Crippen molar-refractivity contribution >= 4 is 0 Å². The number of ether oxygens (including phenoxy) is 1. The van der Waals surface area contributed by atoms with E-state index >= 15 is 0 Å². The second-order valence-corrected chi connectivity index (χ2v) is 3.84. The van der Waals surface area contributed by atoms with Gasteiger partial charge in [0.05, 0.1) is 0 Å². The summed E-state index contributed by atoms with van der Waals surface area (Å²) >= 11 is 0. The zero-order chi connectivity index (χ0) is 9.42. The molecule has 1 aromatic rings. The van der Waals surface area contributed by atoms with E-state index in [1.807, 2.05) is 0 Å². The molecule has 0 bridgehead atoms. The van der Waals surface area contributed by atoms with Crippen molar-refractivity contribution in [1.82, 2.24) is 0 Å². The molecule has 1 aliphatic heterocycles. The molecule has 0 radical (unpaired) electrons. The van der Waals surface area contributed by atoms with Gasteiger partial charge in [-0.05, 0) is 25.0 Å². The van der Waals surface area contributed by atoms with Crippen LogP contribution in [0, 0.1) is 0 Å². The predicted molar refractivity (Wildman–Crippen MR) is 54.3 cm³/mol. The summed E-state index contributed by atoms with van der Waals surface area (Å²) in [6.07, 6.45) is 1.44. The van der Waals surface area contributed by atoms with Gasteiger partial charge in [0.2, 0.25) is 0 Å². The zero-order valence-electron chi connectivity index (χ0n) is 8.50. The van der Waals surface area contributed by atoms with Crippen molar-refractivity contribution in [3.63, 3.8) is 0 Å². The standard InChI is InChI=1S/C12H16O/c1-4-10-5-6-12-11(7-10)8(2)9(3)13-12/h5-9H,4H2,1-3H3. The molecule has 0 saturated heterocycles. The first kappa shape index (κ1) is 8.61. The Morgan fingerprint density at radius 2 is 2.08 bits per heavy atom. The third-order valence-corrected chi connectivity index (χ3v) is 2.99. The van der Waals surface area contributed by atoms with Gasteiger partial charge in [-0.15, -0.1) is 0 Å². The van der Waals surface area contributed by atoms with E-state index in [9.17, 15) is 0 Å². The van der Waals surface area contributed by atoms with Crippen LogP contribution in [0.5, 0.6) is 5.75 Å². The summed E-state index contributed by atoms with van der Waals surface area (Å²) in [5.41, 5.74) is 2.79. The SMILES string of the molecule is CCc1ccc2c(c1)C(C)C(C)O2. The number of benzene rings is 1. The minimum Gasteiger partial charge on any atom is -0.490 e. The number of aryl methyl sites for hydroxylation is 1. The van der Waals surface area contributed by atoms with E-state index in [4.69, 9.17) is 4.74 Å². The van der Waals surface area contributed by atoms with Gasteiger partial charge in [-0.3, -0.25) is 0 Å². The van der Waals surface area contributed by atoms with Crippen LogP contribution in [0.1, 0.15) is 37.8 Å². The summed E-state index contributed by atoms with van der Waals surface area (Å²) < 4.78 is 5.72. The van der Waals surface area contributed by atoms with Gasteiger partial charge in [-0.1, -0.05) is 26.0 Å². The topological polar surface area (TPSA) is 9.23 Å². The first-order valence-corrected chi connectivity index (χ1v) is 5.02. The first-order valence-electron chi connectivity index (χ1n) is 5.02. The van der Waals surface area contributed by atoms with E-state index < -0.39 is 0 Å². The zero-order valence-corrected chi connectivity index (χ0v) is 8.50. The van der Waals surface area contributed by atoms with Crippen LogP contribution >= 0.6 is 0 Å². The molecule has 2 atom stereocenters. The first-order chi connectivity index (χ1) is 6.22. The average molecular weight is 176 g/mol. The highest BCUT2D eigenvalue weighted by Crippen LogP contribution is 2.38. The fraction of sp³-hybridized carbons (Fsp3) is 0.500. The highest BCUT2D eigenvalue weighted by Gasteiger charge is 2.26. The fourth-order valence-corrected chi connectivity index (χ4v) is 1.84. The normalized spacial score (nSPS) is 25.5. The van der Waals surface area contributed by atoms with Crippen molar-refractivity contribution < 1.29 is 4.74 Å². The summed E-state index contributed by atoms with van der Waals surface area (Å²) in [5.74, 6) is 1.62. The molecule has 0 aliphatic carbocycles. The van der Waals surface area contributed by atoms with E-state index in [1.165, 1.54) is 11.1 Å². The number of hydrogen-bond acceptors (Lipinski definition) is 1. The summed E-state index contributed by atoms with van der Waals surface area (Å²) in [6, 6.07) is 6.54. The molecule has 0 spiro atoms. The van der Waals surface area contributed by atoms with Gasteiger partial charge in [0.25, 0.3) is 0 Å². The highest BCUT2D eigenvalue weighted by atomic mass is 16.5. The van der Waals surface area contributed by atoms with Crippen LogP contribution in [0.15, 0.2) is 18.2 Å². The Labute approximate surface area is 79.7 Å². The molecule has 1 heterocycles. The fourth-order valence-electron chi connectivity index (χ4n) is 1.84. The summed E-state index contributed by atoms with van der Waals surface area (Å²) in [7, 11) is 0. The molecule has 2 unspecified atom stereocenters. The van der Waals surface area contributed by atoms with Crippen LogP contribution in [0.4, 0.5) is 0 Å². The lowest BCUT2D eigenvalue weighted by Crippen LogP contribution is -2.10. The smallest absolute Gasteiger partial charge is 0.123 e. The molecule has 1 aromatic carbocycles. The van der Waals surface area contributed by atoms with Gasteiger partial charge in [-0.25, -0.2) is 0 Å². The molecule has 1 heteroatoms. The monoisotopic (exact) mass is 176 g/mol. The van der Waals surface area contributed by atoms with E-state index in [2.05, 4.69) is 39.0 Å². The molecule has 1 nitrogen and oxygen atoms in total. The predicted octanol–water partition coefficient (Wildman–Crippen LogP) is 3.13. The number of hydrogen-bond donors (Lipinski definition) is 0. The maximum atomic E-state index is 5.72. The van der Waals surface area contributed by atoms with Gasteiger partial charge >= 0.3 is 0 Å². The molecule has 2 rings (SSSR count). The van der Waals surface area contributed by atoms with Gasteiger partial charge in [-0.2, -0.15) is 0 Å². The van der Waals surface area contributed by atoms with Crippen molar-refractivity contribution in [1.29, 1.82) is 0 Å². The van der Waals surface area contributed by atoms with Crippen LogP contribution in [-0.4, -0.2) is 6.10 Å². The Morgan fingerprint density at radius 1 is 1.31 bits per heavy atom. The Balaban J connectivity index is 2.42. The molecule has 0 aromatic heterocycles. The minimum atomic E-state index is 0.335. The third kappa shape index (κ3) is 1.32. The van der Waals surface area contributed by atoms with Crippen molar-refractivity contribution in [3.05, 3.63) is 29.3 Å². The van der Waals surface area contributed by atoms with Gasteiger partial charge < -0.3 is 4.74 Å². The van der Waals surface area contributed by atoms with E-state index in [1.54, 1.807) is 0 Å². The maximum Gasteiger partial charge on any atom is 0.123 e. The van der Waals surface area contributed by atoms with Crippen LogP contribution in [-0.2, 0) is 6.42 Å². The summed E-state index contributed by atoms with van der Waals surface area (Å²) in [4.78, 5) is 0. The van der Waals surface area contributed by atoms with Crippen molar-refractivity contribution in [2.45, 2.75) is 39.2 Å². The minimum absolute atomic E-state index is 0.335. The van der Waals surface area contributed by atoms with Crippen LogP contribution in [0.2, 0.25) is 0 Å².